The van der Waals surface area contributed by atoms with Crippen molar-refractivity contribution in [2.24, 2.45) is 0 Å². The van der Waals surface area contributed by atoms with Gasteiger partial charge in [0.1, 0.15) is 43.4 Å². The third-order valence-corrected chi connectivity index (χ3v) is 10.6. The second-order valence-electron chi connectivity index (χ2n) is 14.1. The Morgan fingerprint density at radius 3 is 2.50 bits per heavy atom. The zero-order chi connectivity index (χ0) is 38.5. The van der Waals surface area contributed by atoms with Crippen LogP contribution in [0.25, 0.3) is 22.3 Å². The Kier molecular flexibility index (Phi) is 10.2. The summed E-state index contributed by atoms with van der Waals surface area (Å²) in [4.78, 5) is 46.5. The standard InChI is InChI=1S/C39H43N3O12/c1-4-39(50)27-15-29-31-25(16-42(29)35(47)26(27)19-51-37(39)48)23(24-7-5-6-8-28(24)40-31)13-14-41(20(2)3)38(49)52-18-21-9-11-22(12-10-21)53-36-34(46)33(45)32(44)30(17-43)54-36/h5-12,15,20,30,32-34,36,43-46,50H,4,13-14,16-19H2,1-3H3/t30-,32-,33+,34-,36-,39+/m1/s1. The average Bonchev–Trinajstić information content (AvgIpc) is 3.54. The average molecular weight is 746 g/mol. The number of aliphatic hydroxyl groups excluding tert-OH is 4. The fourth-order valence-electron chi connectivity index (χ4n) is 7.38. The molecular weight excluding hydrogens is 702 g/mol. The Morgan fingerprint density at radius 2 is 1.80 bits per heavy atom. The number of ether oxygens (including phenoxy) is 4. The van der Waals surface area contributed by atoms with Crippen molar-refractivity contribution >= 4 is 23.0 Å². The number of benzene rings is 2. The molecule has 15 heteroatoms. The van der Waals surface area contributed by atoms with Gasteiger partial charge in [-0.05, 0) is 62.1 Å². The van der Waals surface area contributed by atoms with E-state index in [1.54, 1.807) is 46.7 Å². The van der Waals surface area contributed by atoms with Crippen LogP contribution in [-0.4, -0.2) is 102 Å². The molecule has 0 spiro atoms. The van der Waals surface area contributed by atoms with Gasteiger partial charge in [0.2, 0.25) is 6.29 Å². The lowest BCUT2D eigenvalue weighted by molar-refractivity contribution is -0.277. The molecule has 0 unspecified atom stereocenters. The van der Waals surface area contributed by atoms with Gasteiger partial charge in [0.05, 0.1) is 35.6 Å². The van der Waals surface area contributed by atoms with Crippen molar-refractivity contribution in [3.05, 3.63) is 92.8 Å². The molecule has 1 saturated heterocycles. The second-order valence-corrected chi connectivity index (χ2v) is 14.1. The van der Waals surface area contributed by atoms with E-state index >= 15 is 0 Å². The van der Waals surface area contributed by atoms with Crippen molar-refractivity contribution in [1.82, 2.24) is 14.5 Å². The third kappa shape index (κ3) is 6.50. The second kappa shape index (κ2) is 14.7. The highest BCUT2D eigenvalue weighted by Crippen LogP contribution is 2.40. The van der Waals surface area contributed by atoms with Gasteiger partial charge in [-0.25, -0.2) is 14.6 Å². The van der Waals surface area contributed by atoms with E-state index in [-0.39, 0.29) is 54.7 Å². The number of hydrogen-bond donors (Lipinski definition) is 5. The number of nitrogens with zero attached hydrogens (tertiary/aromatic N) is 3. The number of aliphatic hydroxyl groups is 5. The van der Waals surface area contributed by atoms with E-state index in [1.165, 1.54) is 0 Å². The Labute approximate surface area is 309 Å². The molecule has 15 nitrogen and oxygen atoms in total. The minimum absolute atomic E-state index is 0.0391. The SMILES string of the molecule is CC[C@@]1(O)C(=O)OCc2c1cc1n(c2=O)Cc2c-1nc1ccccc1c2CCN(C(=O)OCc1ccc(O[C@@H]2O[C@H](CO)[C@@H](O)[C@H](O)[C@H]2O)cc1)C(C)C. The van der Waals surface area contributed by atoms with Crippen LogP contribution in [0.2, 0.25) is 0 Å². The molecule has 54 heavy (non-hydrogen) atoms. The molecule has 5 heterocycles. The van der Waals surface area contributed by atoms with Gasteiger partial charge in [0.15, 0.2) is 5.60 Å². The van der Waals surface area contributed by atoms with Gasteiger partial charge in [-0.15, -0.1) is 0 Å². The summed E-state index contributed by atoms with van der Waals surface area (Å²) in [5.74, 6) is -0.506. The predicted molar refractivity (Wildman–Crippen MR) is 191 cm³/mol. The number of rotatable bonds is 10. The number of esters is 1. The minimum atomic E-state index is -1.94. The molecule has 3 aliphatic heterocycles. The van der Waals surface area contributed by atoms with Gasteiger partial charge in [0, 0.05) is 29.1 Å². The zero-order valence-corrected chi connectivity index (χ0v) is 30.0. The smallest absolute Gasteiger partial charge is 0.410 e. The minimum Gasteiger partial charge on any atom is -0.462 e. The molecule has 2 aromatic carbocycles. The van der Waals surface area contributed by atoms with Crippen molar-refractivity contribution in [2.45, 2.75) is 95.7 Å². The van der Waals surface area contributed by atoms with Gasteiger partial charge in [0.25, 0.3) is 5.56 Å². The highest BCUT2D eigenvalue weighted by molar-refractivity contribution is 5.89. The summed E-state index contributed by atoms with van der Waals surface area (Å²) in [5, 5.41) is 51.9. The highest BCUT2D eigenvalue weighted by Gasteiger charge is 2.46. The van der Waals surface area contributed by atoms with Crippen LogP contribution in [0.4, 0.5) is 4.79 Å². The van der Waals surface area contributed by atoms with Crippen molar-refractivity contribution in [3.8, 4) is 17.1 Å². The molecule has 2 aromatic heterocycles. The van der Waals surface area contributed by atoms with Gasteiger partial charge >= 0.3 is 12.1 Å². The Balaban J connectivity index is 1.07. The summed E-state index contributed by atoms with van der Waals surface area (Å²) in [7, 11) is 0. The van der Waals surface area contributed by atoms with Gasteiger partial charge in [-0.1, -0.05) is 37.3 Å². The molecule has 0 radical (unpaired) electrons. The number of fused-ring (bicyclic) bond motifs is 5. The largest absolute Gasteiger partial charge is 0.462 e. The van der Waals surface area contributed by atoms with E-state index in [2.05, 4.69) is 0 Å². The molecule has 3 aliphatic rings. The molecule has 6 atom stereocenters. The summed E-state index contributed by atoms with van der Waals surface area (Å²) in [6, 6.07) is 15.6. The van der Waals surface area contributed by atoms with E-state index < -0.39 is 55.0 Å². The number of aromatic nitrogens is 2. The first-order valence-electron chi connectivity index (χ1n) is 17.9. The monoisotopic (exact) mass is 745 g/mol. The molecule has 5 N–H and O–H groups in total. The lowest BCUT2D eigenvalue weighted by atomic mass is 9.86. The fourth-order valence-corrected chi connectivity index (χ4v) is 7.38. The quantitative estimate of drug-likeness (QED) is 0.130. The van der Waals surface area contributed by atoms with Crippen LogP contribution in [-0.2, 0) is 50.8 Å². The summed E-state index contributed by atoms with van der Waals surface area (Å²) in [6.45, 7) is 5.11. The van der Waals surface area contributed by atoms with Crippen LogP contribution in [0.1, 0.15) is 55.0 Å². The zero-order valence-electron chi connectivity index (χ0n) is 30.0. The first-order chi connectivity index (χ1) is 25.9. The topological polar surface area (TPSA) is 210 Å². The molecule has 286 valence electrons. The maximum atomic E-state index is 13.8. The van der Waals surface area contributed by atoms with Crippen molar-refractivity contribution < 1.29 is 54.1 Å². The maximum absolute atomic E-state index is 13.8. The number of para-hydroxylation sites is 1. The van der Waals surface area contributed by atoms with Crippen LogP contribution in [0, 0.1) is 0 Å². The number of carbonyl (C=O) groups is 2. The molecule has 7 rings (SSSR count). The molecule has 0 aliphatic carbocycles. The molecule has 1 amide bonds. The fraction of sp³-hybridized carbons (Fsp3) is 0.436. The molecule has 1 fully saturated rings. The lowest BCUT2D eigenvalue weighted by Gasteiger charge is -2.39. The molecular formula is C39H43N3O12. The first-order valence-corrected chi connectivity index (χ1v) is 17.9. The number of cyclic esters (lactones) is 1. The highest BCUT2D eigenvalue weighted by atomic mass is 16.7. The van der Waals surface area contributed by atoms with E-state index in [0.29, 0.717) is 35.4 Å². The van der Waals surface area contributed by atoms with Crippen molar-refractivity contribution in [2.75, 3.05) is 13.2 Å². The Morgan fingerprint density at radius 1 is 1.06 bits per heavy atom. The van der Waals surface area contributed by atoms with E-state index in [1.807, 2.05) is 38.1 Å². The van der Waals surface area contributed by atoms with Crippen molar-refractivity contribution in [3.63, 3.8) is 0 Å². The van der Waals surface area contributed by atoms with E-state index in [4.69, 9.17) is 23.9 Å². The summed E-state index contributed by atoms with van der Waals surface area (Å²) < 4.78 is 23.6. The van der Waals surface area contributed by atoms with E-state index in [9.17, 15) is 39.9 Å². The van der Waals surface area contributed by atoms with Crippen LogP contribution >= 0.6 is 0 Å². The van der Waals surface area contributed by atoms with Gasteiger partial charge in [-0.3, -0.25) is 4.79 Å². The Hall–Kier alpha value is -4.90. The van der Waals surface area contributed by atoms with Crippen LogP contribution in [0.15, 0.2) is 59.4 Å². The molecule has 0 bridgehead atoms. The van der Waals surface area contributed by atoms with Crippen molar-refractivity contribution in [1.29, 1.82) is 0 Å². The van der Waals surface area contributed by atoms with Crippen LogP contribution < -0.4 is 10.3 Å². The first kappa shape index (κ1) is 37.4. The summed E-state index contributed by atoms with van der Waals surface area (Å²) in [6.07, 6.45) is -7.12. The number of pyridine rings is 2. The van der Waals surface area contributed by atoms with Crippen LogP contribution in [0.5, 0.6) is 5.75 Å². The summed E-state index contributed by atoms with van der Waals surface area (Å²) >= 11 is 0. The molecule has 4 aromatic rings. The Bertz CT molecular complexity index is 2130. The number of amides is 1. The van der Waals surface area contributed by atoms with Crippen LogP contribution in [0.3, 0.4) is 0 Å². The maximum Gasteiger partial charge on any atom is 0.410 e. The normalized spacial score (nSPS) is 24.5. The van der Waals surface area contributed by atoms with Gasteiger partial charge in [-0.2, -0.15) is 0 Å². The number of carbonyl (C=O) groups excluding carboxylic acids is 2. The van der Waals surface area contributed by atoms with Gasteiger partial charge < -0.3 is 53.9 Å². The molecule has 0 saturated carbocycles. The van der Waals surface area contributed by atoms with E-state index in [0.717, 1.165) is 16.5 Å². The summed E-state index contributed by atoms with van der Waals surface area (Å²) in [5.41, 5.74) is 2.38. The number of hydrogen-bond acceptors (Lipinski definition) is 13. The third-order valence-electron chi connectivity index (χ3n) is 10.6. The lowest BCUT2D eigenvalue weighted by Crippen LogP contribution is -2.60. The predicted octanol–water partition coefficient (Wildman–Crippen LogP) is 1.85.